The van der Waals surface area contributed by atoms with Gasteiger partial charge in [-0.25, -0.2) is 9.69 Å². The first-order valence-electron chi connectivity index (χ1n) is 7.34. The summed E-state index contributed by atoms with van der Waals surface area (Å²) in [6.45, 7) is 8.15. The first-order valence-corrected chi connectivity index (χ1v) is 7.34. The van der Waals surface area contributed by atoms with E-state index in [1.54, 1.807) is 0 Å². The lowest BCUT2D eigenvalue weighted by atomic mass is 9.81. The van der Waals surface area contributed by atoms with Crippen molar-refractivity contribution in [2.24, 2.45) is 11.3 Å². The Hall–Kier alpha value is -1.84. The molecule has 1 saturated heterocycles. The van der Waals surface area contributed by atoms with E-state index < -0.39 is 6.09 Å². The van der Waals surface area contributed by atoms with Gasteiger partial charge in [0.15, 0.2) is 0 Å². The van der Waals surface area contributed by atoms with Crippen LogP contribution in [-0.2, 0) is 16.0 Å². The predicted molar refractivity (Wildman–Crippen MR) is 80.7 cm³/mol. The minimum absolute atomic E-state index is 0.147. The molecule has 21 heavy (non-hydrogen) atoms. The van der Waals surface area contributed by atoms with Crippen molar-refractivity contribution in [3.63, 3.8) is 0 Å². The number of carbonyl (C=O) groups excluding carboxylic acids is 2. The lowest BCUT2D eigenvalue weighted by Gasteiger charge is -2.30. The van der Waals surface area contributed by atoms with Gasteiger partial charge in [0.05, 0.1) is 6.04 Å². The Morgan fingerprint density at radius 1 is 1.33 bits per heavy atom. The summed E-state index contributed by atoms with van der Waals surface area (Å²) in [5, 5.41) is 0. The Morgan fingerprint density at radius 3 is 2.52 bits per heavy atom. The molecule has 0 spiro atoms. The molecule has 2 rings (SSSR count). The van der Waals surface area contributed by atoms with Crippen molar-refractivity contribution >= 4 is 12.0 Å². The van der Waals surface area contributed by atoms with Crippen LogP contribution in [0, 0.1) is 11.3 Å². The van der Waals surface area contributed by atoms with E-state index in [9.17, 15) is 9.59 Å². The van der Waals surface area contributed by atoms with Gasteiger partial charge in [0.25, 0.3) is 0 Å². The number of rotatable bonds is 3. The van der Waals surface area contributed by atoms with Gasteiger partial charge in [0, 0.05) is 5.92 Å². The first kappa shape index (κ1) is 15.5. The second-order valence-corrected chi connectivity index (χ2v) is 6.72. The zero-order chi connectivity index (χ0) is 15.6. The molecule has 0 aliphatic carbocycles. The normalized spacial score (nSPS) is 20.3. The molecule has 1 fully saturated rings. The van der Waals surface area contributed by atoms with Gasteiger partial charge in [-0.2, -0.15) is 0 Å². The molecule has 1 aliphatic rings. The summed E-state index contributed by atoms with van der Waals surface area (Å²) in [6, 6.07) is 9.65. The Kier molecular flexibility index (Phi) is 4.35. The third-order valence-electron chi connectivity index (χ3n) is 4.18. The van der Waals surface area contributed by atoms with Gasteiger partial charge >= 0.3 is 6.09 Å². The fourth-order valence-corrected chi connectivity index (χ4v) is 2.35. The third kappa shape index (κ3) is 3.43. The summed E-state index contributed by atoms with van der Waals surface area (Å²) in [5.74, 6) is -0.382. The van der Waals surface area contributed by atoms with Crippen LogP contribution in [0.5, 0.6) is 0 Å². The number of ether oxygens (including phenoxy) is 1. The zero-order valence-corrected chi connectivity index (χ0v) is 13.1. The molecule has 0 radical (unpaired) electrons. The summed E-state index contributed by atoms with van der Waals surface area (Å²) >= 11 is 0. The maximum absolute atomic E-state index is 12.6. The maximum Gasteiger partial charge on any atom is 0.416 e. The van der Waals surface area contributed by atoms with E-state index in [1.807, 2.05) is 58.0 Å². The molecule has 114 valence electrons. The van der Waals surface area contributed by atoms with Crippen LogP contribution in [0.15, 0.2) is 30.3 Å². The molecule has 1 heterocycles. The Morgan fingerprint density at radius 2 is 1.95 bits per heavy atom. The highest BCUT2D eigenvalue weighted by molar-refractivity contribution is 5.95. The molecule has 0 saturated carbocycles. The van der Waals surface area contributed by atoms with Crippen LogP contribution in [-0.4, -0.2) is 29.5 Å². The second-order valence-electron chi connectivity index (χ2n) is 6.72. The molecule has 4 heteroatoms. The summed E-state index contributed by atoms with van der Waals surface area (Å²) in [5.41, 5.74) is 0.916. The minimum Gasteiger partial charge on any atom is -0.447 e. The fourth-order valence-electron chi connectivity index (χ4n) is 2.35. The van der Waals surface area contributed by atoms with Crippen LogP contribution >= 0.6 is 0 Å². The monoisotopic (exact) mass is 289 g/mol. The number of hydrogen-bond acceptors (Lipinski definition) is 3. The Balaban J connectivity index is 2.15. The van der Waals surface area contributed by atoms with Crippen LogP contribution in [0.1, 0.15) is 33.3 Å². The van der Waals surface area contributed by atoms with Crippen molar-refractivity contribution in [1.82, 2.24) is 4.90 Å². The SMILES string of the molecule is C[C@@H](C(=O)N1C(=O)OC[C@@H]1Cc1ccccc1)C(C)(C)C. The van der Waals surface area contributed by atoms with E-state index in [1.165, 1.54) is 4.90 Å². The molecule has 1 aliphatic heterocycles. The summed E-state index contributed by atoms with van der Waals surface area (Å²) in [4.78, 5) is 25.9. The van der Waals surface area contributed by atoms with Crippen LogP contribution in [0.4, 0.5) is 4.79 Å². The zero-order valence-electron chi connectivity index (χ0n) is 13.1. The van der Waals surface area contributed by atoms with Crippen molar-refractivity contribution in [1.29, 1.82) is 0 Å². The van der Waals surface area contributed by atoms with Crippen molar-refractivity contribution in [3.8, 4) is 0 Å². The van der Waals surface area contributed by atoms with Crippen LogP contribution in [0.2, 0.25) is 0 Å². The standard InChI is InChI=1S/C17H23NO3/c1-12(17(2,3)4)15(19)18-14(11-21-16(18)20)10-13-8-6-5-7-9-13/h5-9,12,14H,10-11H2,1-4H3/t12-,14-/m0/s1. The van der Waals surface area contributed by atoms with Gasteiger partial charge in [0.1, 0.15) is 6.61 Å². The van der Waals surface area contributed by atoms with E-state index in [4.69, 9.17) is 4.74 Å². The molecule has 0 bridgehead atoms. The smallest absolute Gasteiger partial charge is 0.416 e. The minimum atomic E-state index is -0.517. The average molecular weight is 289 g/mol. The molecule has 1 aromatic carbocycles. The van der Waals surface area contributed by atoms with Gasteiger partial charge in [0.2, 0.25) is 5.91 Å². The highest BCUT2D eigenvalue weighted by Gasteiger charge is 2.42. The second kappa shape index (κ2) is 5.88. The molecular weight excluding hydrogens is 266 g/mol. The van der Waals surface area contributed by atoms with Crippen molar-refractivity contribution in [2.45, 2.75) is 40.2 Å². The van der Waals surface area contributed by atoms with Crippen LogP contribution < -0.4 is 0 Å². The van der Waals surface area contributed by atoms with Gasteiger partial charge in [-0.1, -0.05) is 58.0 Å². The number of imide groups is 1. The van der Waals surface area contributed by atoms with E-state index in [-0.39, 0.29) is 29.9 Å². The number of amides is 2. The number of cyclic esters (lactones) is 1. The van der Waals surface area contributed by atoms with E-state index in [0.29, 0.717) is 6.42 Å². The lowest BCUT2D eigenvalue weighted by molar-refractivity contribution is -0.136. The quantitative estimate of drug-likeness (QED) is 0.858. The maximum atomic E-state index is 12.6. The molecule has 2 atom stereocenters. The Labute approximate surface area is 126 Å². The number of nitrogens with zero attached hydrogens (tertiary/aromatic N) is 1. The van der Waals surface area contributed by atoms with Gasteiger partial charge in [-0.3, -0.25) is 4.79 Å². The summed E-state index contributed by atoms with van der Waals surface area (Å²) in [6.07, 6.45) is 0.117. The predicted octanol–water partition coefficient (Wildman–Crippen LogP) is 3.26. The first-order chi connectivity index (χ1) is 9.80. The van der Waals surface area contributed by atoms with E-state index in [2.05, 4.69) is 0 Å². The topological polar surface area (TPSA) is 46.6 Å². The molecule has 0 unspecified atom stereocenters. The van der Waals surface area contributed by atoms with E-state index in [0.717, 1.165) is 5.56 Å². The number of benzene rings is 1. The fraction of sp³-hybridized carbons (Fsp3) is 0.529. The van der Waals surface area contributed by atoms with Crippen molar-refractivity contribution in [3.05, 3.63) is 35.9 Å². The van der Waals surface area contributed by atoms with Gasteiger partial charge in [-0.05, 0) is 17.4 Å². The highest BCUT2D eigenvalue weighted by Crippen LogP contribution is 2.29. The van der Waals surface area contributed by atoms with Crippen molar-refractivity contribution < 1.29 is 14.3 Å². The van der Waals surface area contributed by atoms with Gasteiger partial charge < -0.3 is 4.74 Å². The summed E-state index contributed by atoms with van der Waals surface area (Å²) < 4.78 is 5.10. The number of carbonyl (C=O) groups is 2. The molecule has 0 aromatic heterocycles. The molecule has 4 nitrogen and oxygen atoms in total. The average Bonchev–Trinajstić information content (AvgIpc) is 2.78. The Bertz CT molecular complexity index is 519. The van der Waals surface area contributed by atoms with E-state index >= 15 is 0 Å². The highest BCUT2D eigenvalue weighted by atomic mass is 16.6. The molecule has 1 aromatic rings. The van der Waals surface area contributed by atoms with Crippen LogP contribution in [0.3, 0.4) is 0 Å². The number of hydrogen-bond donors (Lipinski definition) is 0. The van der Waals surface area contributed by atoms with Crippen LogP contribution in [0.25, 0.3) is 0 Å². The lowest BCUT2D eigenvalue weighted by Crippen LogP contribution is -2.45. The molecular formula is C17H23NO3. The summed E-state index contributed by atoms with van der Waals surface area (Å²) in [7, 11) is 0. The van der Waals surface area contributed by atoms with Gasteiger partial charge in [-0.15, -0.1) is 0 Å². The molecule has 0 N–H and O–H groups in total. The van der Waals surface area contributed by atoms with Crippen molar-refractivity contribution in [2.75, 3.05) is 6.61 Å². The third-order valence-corrected chi connectivity index (χ3v) is 4.18. The molecule has 2 amide bonds. The largest absolute Gasteiger partial charge is 0.447 e.